The minimum absolute atomic E-state index is 0.0357. The van der Waals surface area contributed by atoms with Crippen LogP contribution in [-0.2, 0) is 0 Å². The molecule has 0 aliphatic rings. The first kappa shape index (κ1) is 13.8. The fourth-order valence-corrected chi connectivity index (χ4v) is 2.52. The van der Waals surface area contributed by atoms with E-state index in [1.807, 2.05) is 19.1 Å². The molecule has 19 heavy (non-hydrogen) atoms. The van der Waals surface area contributed by atoms with Crippen molar-refractivity contribution in [3.63, 3.8) is 0 Å². The van der Waals surface area contributed by atoms with Gasteiger partial charge in [-0.25, -0.2) is 4.98 Å². The molecule has 0 spiro atoms. The van der Waals surface area contributed by atoms with Gasteiger partial charge in [-0.1, -0.05) is 41.1 Å². The minimum atomic E-state index is -0.0357. The highest BCUT2D eigenvalue weighted by molar-refractivity contribution is 7.17. The van der Waals surface area contributed by atoms with Crippen LogP contribution in [0, 0.1) is 6.92 Å². The third kappa shape index (κ3) is 3.43. The molecule has 0 bridgehead atoms. The van der Waals surface area contributed by atoms with Crippen LogP contribution in [0.1, 0.15) is 20.9 Å². The van der Waals surface area contributed by atoms with E-state index in [1.165, 1.54) is 11.3 Å². The van der Waals surface area contributed by atoms with Gasteiger partial charge in [0.1, 0.15) is 0 Å². The molecule has 98 valence electrons. The number of aromatic nitrogens is 1. The van der Waals surface area contributed by atoms with E-state index in [0.717, 1.165) is 16.4 Å². The molecule has 0 fully saturated rings. The summed E-state index contributed by atoms with van der Waals surface area (Å²) in [6, 6.07) is 7.32. The van der Waals surface area contributed by atoms with Crippen molar-refractivity contribution in [2.75, 3.05) is 12.4 Å². The summed E-state index contributed by atoms with van der Waals surface area (Å²) in [5.74, 6) is -0.0357. The van der Waals surface area contributed by atoms with Gasteiger partial charge in [0.15, 0.2) is 10.9 Å². The molecule has 0 saturated carbocycles. The predicted octanol–water partition coefficient (Wildman–Crippen LogP) is 4.04. The molecule has 1 aromatic heterocycles. The molecular weight excluding hydrogens is 280 g/mol. The molecule has 0 radical (unpaired) electrons. The smallest absolute Gasteiger partial charge is 0.197 e. The van der Waals surface area contributed by atoms with Gasteiger partial charge in [-0.3, -0.25) is 4.79 Å². The number of carbonyl (C=O) groups is 1. The van der Waals surface area contributed by atoms with E-state index in [-0.39, 0.29) is 5.78 Å². The summed E-state index contributed by atoms with van der Waals surface area (Å²) in [7, 11) is 1.79. The number of anilines is 1. The molecule has 0 saturated heterocycles. The van der Waals surface area contributed by atoms with Gasteiger partial charge >= 0.3 is 0 Å². The number of ketones is 1. The molecule has 0 aliphatic carbocycles. The first-order valence-corrected chi connectivity index (χ1v) is 6.93. The van der Waals surface area contributed by atoms with Crippen LogP contribution in [0.15, 0.2) is 30.3 Å². The normalized spacial score (nSPS) is 10.9. The Morgan fingerprint density at radius 3 is 2.63 bits per heavy atom. The predicted molar refractivity (Wildman–Crippen MR) is 81.2 cm³/mol. The summed E-state index contributed by atoms with van der Waals surface area (Å²) in [6.45, 7) is 1.83. The van der Waals surface area contributed by atoms with Gasteiger partial charge in [-0.05, 0) is 30.7 Å². The highest BCUT2D eigenvalue weighted by Gasteiger charge is 2.11. The molecular formula is C14H13ClN2OS. The molecule has 1 N–H and O–H groups in total. The number of halogens is 1. The summed E-state index contributed by atoms with van der Waals surface area (Å²) in [4.78, 5) is 17.0. The number of rotatable bonds is 4. The lowest BCUT2D eigenvalue weighted by Gasteiger charge is -1.94. The summed E-state index contributed by atoms with van der Waals surface area (Å²) >= 11 is 7.17. The fourth-order valence-electron chi connectivity index (χ4n) is 1.55. The summed E-state index contributed by atoms with van der Waals surface area (Å²) in [6.07, 6.45) is 3.33. The molecule has 0 amide bonds. The Labute approximate surface area is 120 Å². The van der Waals surface area contributed by atoms with Crippen LogP contribution in [0.3, 0.4) is 0 Å². The Morgan fingerprint density at radius 2 is 2.05 bits per heavy atom. The van der Waals surface area contributed by atoms with Crippen molar-refractivity contribution >= 4 is 39.9 Å². The lowest BCUT2D eigenvalue weighted by Crippen LogP contribution is -1.93. The number of hydrogen-bond donors (Lipinski definition) is 1. The Morgan fingerprint density at radius 1 is 1.37 bits per heavy atom. The number of thiazole rings is 1. The third-order valence-corrected chi connectivity index (χ3v) is 3.97. The van der Waals surface area contributed by atoms with Crippen LogP contribution in [0.5, 0.6) is 0 Å². The van der Waals surface area contributed by atoms with Gasteiger partial charge in [0.25, 0.3) is 0 Å². The first-order chi connectivity index (χ1) is 9.10. The standard InChI is InChI=1S/C14H13ClN2OS/c1-9-13(19-14(16-2)17-9)12(18)8-5-10-3-6-11(15)7-4-10/h3-8H,1-2H3,(H,16,17)/b8-5+. The van der Waals surface area contributed by atoms with Crippen molar-refractivity contribution < 1.29 is 4.79 Å². The van der Waals surface area contributed by atoms with E-state index in [1.54, 1.807) is 31.3 Å². The van der Waals surface area contributed by atoms with Crippen LogP contribution in [0.4, 0.5) is 5.13 Å². The maximum absolute atomic E-state index is 12.1. The summed E-state index contributed by atoms with van der Waals surface area (Å²) in [5, 5.41) is 4.37. The van der Waals surface area contributed by atoms with Crippen molar-refractivity contribution in [2.24, 2.45) is 0 Å². The maximum atomic E-state index is 12.1. The second-order valence-corrected chi connectivity index (χ2v) is 5.37. The van der Waals surface area contributed by atoms with E-state index in [9.17, 15) is 4.79 Å². The Bertz CT molecular complexity index is 617. The van der Waals surface area contributed by atoms with Gasteiger partial charge in [0.2, 0.25) is 0 Å². The first-order valence-electron chi connectivity index (χ1n) is 5.73. The number of allylic oxidation sites excluding steroid dienone is 1. The lowest BCUT2D eigenvalue weighted by molar-refractivity contribution is 0.105. The molecule has 1 heterocycles. The van der Waals surface area contributed by atoms with Crippen LogP contribution < -0.4 is 5.32 Å². The van der Waals surface area contributed by atoms with E-state index in [4.69, 9.17) is 11.6 Å². The molecule has 2 aromatic rings. The molecule has 1 aromatic carbocycles. The highest BCUT2D eigenvalue weighted by atomic mass is 35.5. The average molecular weight is 293 g/mol. The van der Waals surface area contributed by atoms with Gasteiger partial charge in [0, 0.05) is 12.1 Å². The SMILES string of the molecule is CNc1nc(C)c(C(=O)/C=C/c2ccc(Cl)cc2)s1. The van der Waals surface area contributed by atoms with E-state index >= 15 is 0 Å². The van der Waals surface area contributed by atoms with E-state index in [2.05, 4.69) is 10.3 Å². The van der Waals surface area contributed by atoms with Gasteiger partial charge in [-0.2, -0.15) is 0 Å². The zero-order valence-electron chi connectivity index (χ0n) is 10.6. The monoisotopic (exact) mass is 292 g/mol. The second-order valence-electron chi connectivity index (χ2n) is 3.93. The fraction of sp³-hybridized carbons (Fsp3) is 0.143. The van der Waals surface area contributed by atoms with Crippen molar-refractivity contribution in [2.45, 2.75) is 6.92 Å². The Hall–Kier alpha value is -1.65. The number of nitrogens with one attached hydrogen (secondary N) is 1. The molecule has 2 rings (SSSR count). The zero-order valence-corrected chi connectivity index (χ0v) is 12.2. The van der Waals surface area contributed by atoms with Crippen molar-refractivity contribution in [1.82, 2.24) is 4.98 Å². The van der Waals surface area contributed by atoms with Gasteiger partial charge in [-0.15, -0.1) is 0 Å². The highest BCUT2D eigenvalue weighted by Crippen LogP contribution is 2.23. The van der Waals surface area contributed by atoms with Crippen LogP contribution in [0.25, 0.3) is 6.08 Å². The number of aryl methyl sites for hydroxylation is 1. The summed E-state index contributed by atoms with van der Waals surface area (Å²) < 4.78 is 0. The minimum Gasteiger partial charge on any atom is -0.365 e. The van der Waals surface area contributed by atoms with Crippen molar-refractivity contribution in [3.05, 3.63) is 51.5 Å². The molecule has 3 nitrogen and oxygen atoms in total. The summed E-state index contributed by atoms with van der Waals surface area (Å²) in [5.41, 5.74) is 1.69. The third-order valence-electron chi connectivity index (χ3n) is 2.53. The van der Waals surface area contributed by atoms with Gasteiger partial charge < -0.3 is 5.32 Å². The number of nitrogens with zero attached hydrogens (tertiary/aromatic N) is 1. The average Bonchev–Trinajstić information content (AvgIpc) is 2.79. The zero-order chi connectivity index (χ0) is 13.8. The van der Waals surface area contributed by atoms with Crippen molar-refractivity contribution in [1.29, 1.82) is 0 Å². The quantitative estimate of drug-likeness (QED) is 0.683. The Kier molecular flexibility index (Phi) is 4.35. The number of hydrogen-bond acceptors (Lipinski definition) is 4. The molecule has 5 heteroatoms. The van der Waals surface area contributed by atoms with Crippen LogP contribution in [0.2, 0.25) is 5.02 Å². The number of carbonyl (C=O) groups excluding carboxylic acids is 1. The van der Waals surface area contributed by atoms with E-state index in [0.29, 0.717) is 9.90 Å². The van der Waals surface area contributed by atoms with Crippen molar-refractivity contribution in [3.8, 4) is 0 Å². The molecule has 0 aliphatic heterocycles. The topological polar surface area (TPSA) is 42.0 Å². The molecule has 0 unspecified atom stereocenters. The van der Waals surface area contributed by atoms with Crippen LogP contribution in [-0.4, -0.2) is 17.8 Å². The molecule has 0 atom stereocenters. The lowest BCUT2D eigenvalue weighted by atomic mass is 10.2. The van der Waals surface area contributed by atoms with E-state index < -0.39 is 0 Å². The van der Waals surface area contributed by atoms with Crippen LogP contribution >= 0.6 is 22.9 Å². The second kappa shape index (κ2) is 5.99. The number of benzene rings is 1. The Balaban J connectivity index is 2.16. The van der Waals surface area contributed by atoms with Gasteiger partial charge in [0.05, 0.1) is 10.6 Å². The maximum Gasteiger partial charge on any atom is 0.197 e. The largest absolute Gasteiger partial charge is 0.365 e.